The highest BCUT2D eigenvalue weighted by Gasteiger charge is 2.23. The molecule has 2 aromatic rings. The van der Waals surface area contributed by atoms with E-state index in [0.29, 0.717) is 11.9 Å². The molecule has 1 aromatic carbocycles. The van der Waals surface area contributed by atoms with Crippen molar-refractivity contribution in [1.29, 1.82) is 0 Å². The summed E-state index contributed by atoms with van der Waals surface area (Å²) in [6.45, 7) is 0.730. The number of benzene rings is 1. The van der Waals surface area contributed by atoms with Crippen LogP contribution in [0.4, 0.5) is 6.01 Å². The van der Waals surface area contributed by atoms with Gasteiger partial charge in [-0.15, -0.1) is 0 Å². The van der Waals surface area contributed by atoms with Gasteiger partial charge in [-0.2, -0.15) is 4.98 Å². The first-order chi connectivity index (χ1) is 8.83. The molecule has 0 aliphatic heterocycles. The van der Waals surface area contributed by atoms with E-state index >= 15 is 0 Å². The van der Waals surface area contributed by atoms with Crippen molar-refractivity contribution in [1.82, 2.24) is 4.98 Å². The van der Waals surface area contributed by atoms with Gasteiger partial charge in [0.25, 0.3) is 6.01 Å². The van der Waals surface area contributed by atoms with Gasteiger partial charge in [0.05, 0.1) is 6.10 Å². The molecule has 2 unspecified atom stereocenters. The Labute approximate surface area is 106 Å². The molecule has 0 amide bonds. The van der Waals surface area contributed by atoms with E-state index in [1.807, 2.05) is 24.3 Å². The number of oxazole rings is 1. The minimum atomic E-state index is -0.185. The summed E-state index contributed by atoms with van der Waals surface area (Å²) in [5.74, 6) is 0.314. The molecule has 0 saturated heterocycles. The summed E-state index contributed by atoms with van der Waals surface area (Å²) in [4.78, 5) is 4.36. The van der Waals surface area contributed by atoms with E-state index in [1.165, 1.54) is 6.42 Å². The van der Waals surface area contributed by atoms with Crippen LogP contribution in [0.3, 0.4) is 0 Å². The highest BCUT2D eigenvalue weighted by atomic mass is 16.4. The smallest absolute Gasteiger partial charge is 0.295 e. The summed E-state index contributed by atoms with van der Waals surface area (Å²) < 4.78 is 5.59. The number of aliphatic hydroxyl groups is 1. The maximum absolute atomic E-state index is 9.90. The Morgan fingerprint density at radius 2 is 2.11 bits per heavy atom. The quantitative estimate of drug-likeness (QED) is 0.874. The van der Waals surface area contributed by atoms with Gasteiger partial charge in [0.2, 0.25) is 0 Å². The van der Waals surface area contributed by atoms with E-state index in [0.717, 1.165) is 36.9 Å². The molecule has 1 saturated carbocycles. The van der Waals surface area contributed by atoms with Crippen molar-refractivity contribution >= 4 is 17.1 Å². The minimum absolute atomic E-state index is 0.185. The van der Waals surface area contributed by atoms with Gasteiger partial charge >= 0.3 is 0 Å². The molecule has 1 heterocycles. The monoisotopic (exact) mass is 246 g/mol. The predicted octanol–water partition coefficient (Wildman–Crippen LogP) is 2.79. The predicted molar refractivity (Wildman–Crippen MR) is 70.5 cm³/mol. The summed E-state index contributed by atoms with van der Waals surface area (Å²) in [6, 6.07) is 8.26. The molecule has 1 fully saturated rings. The average molecular weight is 246 g/mol. The zero-order valence-electron chi connectivity index (χ0n) is 10.3. The molecule has 18 heavy (non-hydrogen) atoms. The molecule has 1 aliphatic carbocycles. The Morgan fingerprint density at radius 3 is 2.94 bits per heavy atom. The van der Waals surface area contributed by atoms with E-state index in [1.54, 1.807) is 0 Å². The Bertz CT molecular complexity index is 490. The van der Waals surface area contributed by atoms with Crippen LogP contribution in [0.5, 0.6) is 0 Å². The number of aliphatic hydroxyl groups excluding tert-OH is 1. The Morgan fingerprint density at radius 1 is 1.28 bits per heavy atom. The summed E-state index contributed by atoms with van der Waals surface area (Å²) in [6.07, 6.45) is 4.15. The van der Waals surface area contributed by atoms with E-state index in [9.17, 15) is 5.11 Å². The second-order valence-electron chi connectivity index (χ2n) is 4.98. The topological polar surface area (TPSA) is 58.3 Å². The van der Waals surface area contributed by atoms with Crippen LogP contribution in [-0.2, 0) is 0 Å². The van der Waals surface area contributed by atoms with Gasteiger partial charge in [-0.25, -0.2) is 0 Å². The first-order valence-electron chi connectivity index (χ1n) is 6.60. The van der Waals surface area contributed by atoms with Crippen molar-refractivity contribution < 1.29 is 9.52 Å². The number of hydrogen-bond acceptors (Lipinski definition) is 4. The van der Waals surface area contributed by atoms with E-state index in [2.05, 4.69) is 10.3 Å². The average Bonchev–Trinajstić information content (AvgIpc) is 2.80. The van der Waals surface area contributed by atoms with Gasteiger partial charge in [-0.05, 0) is 25.0 Å². The van der Waals surface area contributed by atoms with Crippen LogP contribution in [0, 0.1) is 5.92 Å². The molecule has 4 heteroatoms. The molecule has 0 spiro atoms. The number of nitrogens with one attached hydrogen (secondary N) is 1. The maximum atomic E-state index is 9.90. The van der Waals surface area contributed by atoms with Crippen molar-refractivity contribution in [3.05, 3.63) is 24.3 Å². The van der Waals surface area contributed by atoms with Crippen LogP contribution in [0.2, 0.25) is 0 Å². The van der Waals surface area contributed by atoms with Gasteiger partial charge in [0.15, 0.2) is 5.58 Å². The zero-order chi connectivity index (χ0) is 12.4. The van der Waals surface area contributed by atoms with Crippen molar-refractivity contribution in [3.8, 4) is 0 Å². The number of rotatable bonds is 3. The first kappa shape index (κ1) is 11.5. The maximum Gasteiger partial charge on any atom is 0.295 e. The fraction of sp³-hybridized carbons (Fsp3) is 0.500. The van der Waals surface area contributed by atoms with E-state index in [-0.39, 0.29) is 6.10 Å². The SMILES string of the molecule is OC1CCCCC1CNc1nc2ccccc2o1. The number of fused-ring (bicyclic) bond motifs is 1. The molecule has 96 valence electrons. The molecule has 3 rings (SSSR count). The molecule has 1 aliphatic rings. The molecular formula is C14H18N2O2. The molecule has 2 N–H and O–H groups in total. The van der Waals surface area contributed by atoms with Crippen LogP contribution in [0.15, 0.2) is 28.7 Å². The lowest BCUT2D eigenvalue weighted by molar-refractivity contribution is 0.0761. The zero-order valence-corrected chi connectivity index (χ0v) is 10.3. The van der Waals surface area contributed by atoms with Crippen LogP contribution in [0.1, 0.15) is 25.7 Å². The standard InChI is InChI=1S/C14H18N2O2/c17-12-7-3-1-5-10(12)9-15-14-16-11-6-2-4-8-13(11)18-14/h2,4,6,8,10,12,17H,1,3,5,7,9H2,(H,15,16). The fourth-order valence-corrected chi connectivity index (χ4v) is 2.59. The number of para-hydroxylation sites is 2. The van der Waals surface area contributed by atoms with Crippen LogP contribution in [0.25, 0.3) is 11.1 Å². The fourth-order valence-electron chi connectivity index (χ4n) is 2.59. The summed E-state index contributed by atoms with van der Waals surface area (Å²) in [5.41, 5.74) is 1.66. The number of anilines is 1. The summed E-state index contributed by atoms with van der Waals surface area (Å²) in [5, 5.41) is 13.1. The van der Waals surface area contributed by atoms with Crippen molar-refractivity contribution in [2.75, 3.05) is 11.9 Å². The highest BCUT2D eigenvalue weighted by molar-refractivity contribution is 5.74. The largest absolute Gasteiger partial charge is 0.424 e. The van der Waals surface area contributed by atoms with Gasteiger partial charge in [0, 0.05) is 12.5 Å². The Kier molecular flexibility index (Phi) is 3.19. The summed E-state index contributed by atoms with van der Waals surface area (Å²) >= 11 is 0. The van der Waals surface area contributed by atoms with E-state index in [4.69, 9.17) is 4.42 Å². The lowest BCUT2D eigenvalue weighted by Gasteiger charge is -2.27. The van der Waals surface area contributed by atoms with Crippen LogP contribution in [-0.4, -0.2) is 22.7 Å². The molecule has 0 radical (unpaired) electrons. The molecule has 4 nitrogen and oxygen atoms in total. The van der Waals surface area contributed by atoms with Gasteiger partial charge in [-0.1, -0.05) is 25.0 Å². The minimum Gasteiger partial charge on any atom is -0.424 e. The third kappa shape index (κ3) is 2.34. The highest BCUT2D eigenvalue weighted by Crippen LogP contribution is 2.25. The second-order valence-corrected chi connectivity index (χ2v) is 4.98. The third-order valence-corrected chi connectivity index (χ3v) is 3.68. The second kappa shape index (κ2) is 4.98. The first-order valence-corrected chi connectivity index (χ1v) is 6.60. The van der Waals surface area contributed by atoms with Crippen molar-refractivity contribution in [2.45, 2.75) is 31.8 Å². The van der Waals surface area contributed by atoms with Gasteiger partial charge in [0.1, 0.15) is 5.52 Å². The van der Waals surface area contributed by atoms with Crippen LogP contribution >= 0.6 is 0 Å². The Balaban J connectivity index is 1.65. The number of hydrogen-bond donors (Lipinski definition) is 2. The van der Waals surface area contributed by atoms with E-state index < -0.39 is 0 Å². The normalized spacial score (nSPS) is 24.3. The molecule has 1 aromatic heterocycles. The van der Waals surface area contributed by atoms with Gasteiger partial charge < -0.3 is 14.8 Å². The van der Waals surface area contributed by atoms with Gasteiger partial charge in [-0.3, -0.25) is 0 Å². The van der Waals surface area contributed by atoms with Crippen LogP contribution < -0.4 is 5.32 Å². The summed E-state index contributed by atoms with van der Waals surface area (Å²) in [7, 11) is 0. The molecular weight excluding hydrogens is 228 g/mol. The number of nitrogens with zero attached hydrogens (tertiary/aromatic N) is 1. The lowest BCUT2D eigenvalue weighted by atomic mass is 9.86. The Hall–Kier alpha value is -1.55. The lowest BCUT2D eigenvalue weighted by Crippen LogP contribution is -2.30. The van der Waals surface area contributed by atoms with Crippen molar-refractivity contribution in [2.24, 2.45) is 5.92 Å². The molecule has 2 atom stereocenters. The molecule has 0 bridgehead atoms. The third-order valence-electron chi connectivity index (χ3n) is 3.68. The van der Waals surface area contributed by atoms with Crippen molar-refractivity contribution in [3.63, 3.8) is 0 Å². The number of aromatic nitrogens is 1.